The molecule has 2 aromatic rings. The van der Waals surface area contributed by atoms with Crippen LogP contribution in [0.15, 0.2) is 48.5 Å². The summed E-state index contributed by atoms with van der Waals surface area (Å²) in [4.78, 5) is 23.9. The summed E-state index contributed by atoms with van der Waals surface area (Å²) in [6.45, 7) is 3.50. The van der Waals surface area contributed by atoms with Crippen LogP contribution in [0.4, 0.5) is 0 Å². The molecule has 0 bridgehead atoms. The monoisotopic (exact) mass is 324 g/mol. The van der Waals surface area contributed by atoms with E-state index in [9.17, 15) is 9.59 Å². The number of aryl methyl sites for hydroxylation is 2. The first kappa shape index (κ1) is 17.5. The van der Waals surface area contributed by atoms with E-state index in [4.69, 9.17) is 9.47 Å². The van der Waals surface area contributed by atoms with Gasteiger partial charge in [-0.1, -0.05) is 29.8 Å². The zero-order chi connectivity index (χ0) is 17.5. The van der Waals surface area contributed by atoms with Gasteiger partial charge in [0.1, 0.15) is 5.75 Å². The molecule has 0 aliphatic carbocycles. The van der Waals surface area contributed by atoms with E-state index in [1.807, 2.05) is 44.2 Å². The first-order valence-corrected chi connectivity index (χ1v) is 7.59. The highest BCUT2D eigenvalue weighted by atomic mass is 16.5. The molecule has 124 valence electrons. The predicted molar refractivity (Wildman–Crippen MR) is 93.2 cm³/mol. The molecular weight excluding hydrogens is 304 g/mol. The number of carbonyl (C=O) groups is 2. The van der Waals surface area contributed by atoms with Gasteiger partial charge in [-0.25, -0.2) is 4.79 Å². The third-order valence-electron chi connectivity index (χ3n) is 3.54. The van der Waals surface area contributed by atoms with E-state index in [2.05, 4.69) is 0 Å². The Kier molecular flexibility index (Phi) is 5.90. The molecule has 24 heavy (non-hydrogen) atoms. The van der Waals surface area contributed by atoms with Gasteiger partial charge < -0.3 is 9.47 Å². The molecule has 4 nitrogen and oxygen atoms in total. The van der Waals surface area contributed by atoms with E-state index in [1.54, 1.807) is 25.3 Å². The average molecular weight is 324 g/mol. The number of hydrogen-bond donors (Lipinski definition) is 0. The molecule has 0 atom stereocenters. The largest absolute Gasteiger partial charge is 0.497 e. The van der Waals surface area contributed by atoms with Crippen molar-refractivity contribution < 1.29 is 19.1 Å². The standard InChI is InChI=1S/C20H20O4/c1-14-7-8-15(2)18(11-14)19(21)13-24-20(22)10-9-16-5-4-6-17(12-16)23-3/h4-12H,13H2,1-3H3/b10-9+. The van der Waals surface area contributed by atoms with Crippen LogP contribution in [0, 0.1) is 13.8 Å². The summed E-state index contributed by atoms with van der Waals surface area (Å²) in [5.74, 6) is -0.0635. The van der Waals surface area contributed by atoms with Crippen molar-refractivity contribution >= 4 is 17.8 Å². The fourth-order valence-corrected chi connectivity index (χ4v) is 2.21. The van der Waals surface area contributed by atoms with Crippen LogP contribution < -0.4 is 4.74 Å². The van der Waals surface area contributed by atoms with Crippen molar-refractivity contribution in [3.63, 3.8) is 0 Å². The Balaban J connectivity index is 1.94. The van der Waals surface area contributed by atoms with E-state index in [0.717, 1.165) is 16.7 Å². The first-order valence-electron chi connectivity index (χ1n) is 7.59. The molecule has 0 radical (unpaired) electrons. The minimum Gasteiger partial charge on any atom is -0.497 e. The van der Waals surface area contributed by atoms with E-state index < -0.39 is 5.97 Å². The second-order valence-electron chi connectivity index (χ2n) is 5.46. The van der Waals surface area contributed by atoms with E-state index in [0.29, 0.717) is 11.3 Å². The maximum absolute atomic E-state index is 12.2. The maximum atomic E-state index is 12.2. The summed E-state index contributed by atoms with van der Waals surface area (Å²) in [5, 5.41) is 0. The van der Waals surface area contributed by atoms with Gasteiger partial charge in [-0.15, -0.1) is 0 Å². The summed E-state index contributed by atoms with van der Waals surface area (Å²) < 4.78 is 10.1. The second-order valence-corrected chi connectivity index (χ2v) is 5.46. The molecule has 0 unspecified atom stereocenters. The zero-order valence-electron chi connectivity index (χ0n) is 14.0. The Morgan fingerprint density at radius 1 is 1.08 bits per heavy atom. The quantitative estimate of drug-likeness (QED) is 0.461. The number of rotatable bonds is 6. The van der Waals surface area contributed by atoms with E-state index >= 15 is 0 Å². The van der Waals surface area contributed by atoms with Gasteiger partial charge in [-0.05, 0) is 49.2 Å². The van der Waals surface area contributed by atoms with Crippen molar-refractivity contribution in [3.05, 3.63) is 70.8 Å². The highest BCUT2D eigenvalue weighted by Crippen LogP contribution is 2.14. The minimum atomic E-state index is -0.559. The molecule has 0 amide bonds. The van der Waals surface area contributed by atoms with Crippen molar-refractivity contribution in [2.45, 2.75) is 13.8 Å². The summed E-state index contributed by atoms with van der Waals surface area (Å²) in [7, 11) is 1.58. The van der Waals surface area contributed by atoms with Gasteiger partial charge in [0.2, 0.25) is 5.78 Å². The number of carbonyl (C=O) groups excluding carboxylic acids is 2. The van der Waals surface area contributed by atoms with Crippen LogP contribution in [0.3, 0.4) is 0 Å². The number of methoxy groups -OCH3 is 1. The van der Waals surface area contributed by atoms with Crippen molar-refractivity contribution in [1.82, 2.24) is 0 Å². The molecule has 0 saturated carbocycles. The van der Waals surface area contributed by atoms with Gasteiger partial charge in [0.05, 0.1) is 7.11 Å². The summed E-state index contributed by atoms with van der Waals surface area (Å²) >= 11 is 0. The van der Waals surface area contributed by atoms with Gasteiger partial charge in [0.25, 0.3) is 0 Å². The van der Waals surface area contributed by atoms with Crippen LogP contribution in [0.25, 0.3) is 6.08 Å². The molecule has 0 spiro atoms. The number of ether oxygens (including phenoxy) is 2. The average Bonchev–Trinajstić information content (AvgIpc) is 2.60. The first-order chi connectivity index (χ1) is 11.5. The molecule has 4 heteroatoms. The smallest absolute Gasteiger partial charge is 0.331 e. The predicted octanol–water partition coefficient (Wildman–Crippen LogP) is 3.75. The normalized spacial score (nSPS) is 10.6. The number of hydrogen-bond acceptors (Lipinski definition) is 4. The van der Waals surface area contributed by atoms with Crippen molar-refractivity contribution in [2.75, 3.05) is 13.7 Å². The summed E-state index contributed by atoms with van der Waals surface area (Å²) in [6.07, 6.45) is 2.92. The molecular formula is C20H20O4. The third kappa shape index (κ3) is 4.81. The van der Waals surface area contributed by atoms with Gasteiger partial charge in [-0.2, -0.15) is 0 Å². The van der Waals surface area contributed by atoms with Crippen LogP contribution in [-0.4, -0.2) is 25.5 Å². The minimum absolute atomic E-state index is 0.209. The number of benzene rings is 2. The molecule has 0 aliphatic heterocycles. The summed E-state index contributed by atoms with van der Waals surface area (Å²) in [5.41, 5.74) is 3.26. The second kappa shape index (κ2) is 8.11. The van der Waals surface area contributed by atoms with Crippen molar-refractivity contribution in [1.29, 1.82) is 0 Å². The molecule has 0 N–H and O–H groups in total. The lowest BCUT2D eigenvalue weighted by Gasteiger charge is -2.06. The van der Waals surface area contributed by atoms with Gasteiger partial charge >= 0.3 is 5.97 Å². The highest BCUT2D eigenvalue weighted by molar-refractivity contribution is 6.00. The molecule has 0 saturated heterocycles. The Labute approximate surface area is 141 Å². The fourth-order valence-electron chi connectivity index (χ4n) is 2.21. The molecule has 2 aromatic carbocycles. The van der Waals surface area contributed by atoms with Crippen molar-refractivity contribution in [2.24, 2.45) is 0 Å². The van der Waals surface area contributed by atoms with Crippen LogP contribution in [-0.2, 0) is 9.53 Å². The Bertz CT molecular complexity index is 775. The lowest BCUT2D eigenvalue weighted by Crippen LogP contribution is -2.13. The van der Waals surface area contributed by atoms with E-state index in [-0.39, 0.29) is 12.4 Å². The molecule has 0 aliphatic rings. The Morgan fingerprint density at radius 3 is 2.62 bits per heavy atom. The Hall–Kier alpha value is -2.88. The van der Waals surface area contributed by atoms with Crippen molar-refractivity contribution in [3.8, 4) is 5.75 Å². The van der Waals surface area contributed by atoms with Crippen LogP contribution >= 0.6 is 0 Å². The lowest BCUT2D eigenvalue weighted by atomic mass is 10.0. The fraction of sp³-hybridized carbons (Fsp3) is 0.200. The molecule has 2 rings (SSSR count). The van der Waals surface area contributed by atoms with Gasteiger partial charge in [-0.3, -0.25) is 4.79 Å². The topological polar surface area (TPSA) is 52.6 Å². The zero-order valence-corrected chi connectivity index (χ0v) is 14.0. The van der Waals surface area contributed by atoms with Gasteiger partial charge in [0.15, 0.2) is 6.61 Å². The molecule has 0 aromatic heterocycles. The third-order valence-corrected chi connectivity index (χ3v) is 3.54. The molecule has 0 heterocycles. The van der Waals surface area contributed by atoms with E-state index in [1.165, 1.54) is 6.08 Å². The summed E-state index contributed by atoms with van der Waals surface area (Å²) in [6, 6.07) is 12.9. The van der Waals surface area contributed by atoms with Crippen LogP contribution in [0.5, 0.6) is 5.75 Å². The lowest BCUT2D eigenvalue weighted by molar-refractivity contribution is -0.136. The van der Waals surface area contributed by atoms with Crippen LogP contribution in [0.1, 0.15) is 27.0 Å². The van der Waals surface area contributed by atoms with Gasteiger partial charge in [0, 0.05) is 11.6 Å². The van der Waals surface area contributed by atoms with Crippen LogP contribution in [0.2, 0.25) is 0 Å². The highest BCUT2D eigenvalue weighted by Gasteiger charge is 2.11. The maximum Gasteiger partial charge on any atom is 0.331 e. The SMILES string of the molecule is COc1cccc(/C=C/C(=O)OCC(=O)c2cc(C)ccc2C)c1. The molecule has 0 fully saturated rings. The number of ketones is 1. The number of esters is 1. The Morgan fingerprint density at radius 2 is 1.88 bits per heavy atom. The number of Topliss-reactive ketones (excluding diaryl/α,β-unsaturated/α-hetero) is 1.